The summed E-state index contributed by atoms with van der Waals surface area (Å²) in [5.41, 5.74) is -0.159. The summed E-state index contributed by atoms with van der Waals surface area (Å²) < 4.78 is 26.6. The lowest BCUT2D eigenvalue weighted by Crippen LogP contribution is -2.35. The van der Waals surface area contributed by atoms with Crippen molar-refractivity contribution in [2.24, 2.45) is 0 Å². The van der Waals surface area contributed by atoms with E-state index in [4.69, 9.17) is 4.98 Å². The molecule has 3 fully saturated rings. The first-order chi connectivity index (χ1) is 13.6. The molecule has 2 saturated carbocycles. The van der Waals surface area contributed by atoms with E-state index in [1.54, 1.807) is 0 Å². The average Bonchev–Trinajstić information content (AvgIpc) is 3.64. The predicted octanol–water partition coefficient (Wildman–Crippen LogP) is 3.67. The number of rotatable bonds is 6. The van der Waals surface area contributed by atoms with Gasteiger partial charge in [0.2, 0.25) is 0 Å². The van der Waals surface area contributed by atoms with Crippen molar-refractivity contribution in [1.82, 2.24) is 19.9 Å². The quantitative estimate of drug-likeness (QED) is 0.755. The number of likely N-dealkylation sites (N-methyl/N-ethyl adjacent to an activating group) is 1. The molecule has 148 valence electrons. The van der Waals surface area contributed by atoms with Gasteiger partial charge in [0.1, 0.15) is 29.0 Å². The van der Waals surface area contributed by atoms with Crippen molar-refractivity contribution in [1.29, 1.82) is 0 Å². The molecule has 3 aliphatic rings. The van der Waals surface area contributed by atoms with Gasteiger partial charge >= 0.3 is 0 Å². The summed E-state index contributed by atoms with van der Waals surface area (Å²) in [6.07, 6.45) is 4.54. The summed E-state index contributed by atoms with van der Waals surface area (Å²) in [5, 5.41) is 0. The largest absolute Gasteiger partial charge is 0.355 e. The second-order valence-electron chi connectivity index (χ2n) is 8.13. The first-order valence-electron chi connectivity index (χ1n) is 10.1. The molecule has 8 heteroatoms. The molecule has 5 rings (SSSR count). The molecule has 0 amide bonds. The van der Waals surface area contributed by atoms with Crippen molar-refractivity contribution < 1.29 is 8.78 Å². The van der Waals surface area contributed by atoms with Crippen LogP contribution in [0.1, 0.15) is 67.7 Å². The summed E-state index contributed by atoms with van der Waals surface area (Å²) in [4.78, 5) is 22.1. The summed E-state index contributed by atoms with van der Waals surface area (Å²) in [7, 11) is 2.05. The number of hydrogen-bond acceptors (Lipinski definition) is 6. The maximum atomic E-state index is 13.3. The fraction of sp³-hybridized carbons (Fsp3) is 0.600. The molecule has 1 atom stereocenters. The second-order valence-corrected chi connectivity index (χ2v) is 8.13. The maximum absolute atomic E-state index is 13.3. The van der Waals surface area contributed by atoms with E-state index in [2.05, 4.69) is 24.8 Å². The van der Waals surface area contributed by atoms with E-state index in [1.807, 2.05) is 19.3 Å². The first-order valence-corrected chi connectivity index (χ1v) is 10.1. The van der Waals surface area contributed by atoms with Crippen molar-refractivity contribution in [3.8, 4) is 0 Å². The third-order valence-corrected chi connectivity index (χ3v) is 5.91. The lowest BCUT2D eigenvalue weighted by atomic mass is 10.2. The Morgan fingerprint density at radius 1 is 1.04 bits per heavy atom. The number of hydrogen-bond donors (Lipinski definition) is 0. The molecular weight excluding hydrogens is 362 g/mol. The molecule has 1 saturated heterocycles. The fourth-order valence-electron chi connectivity index (χ4n) is 3.82. The highest BCUT2D eigenvalue weighted by molar-refractivity contribution is 5.46. The van der Waals surface area contributed by atoms with Crippen LogP contribution in [0.4, 0.5) is 20.4 Å². The molecule has 0 spiro atoms. The molecule has 0 aromatic carbocycles. The molecule has 28 heavy (non-hydrogen) atoms. The number of halogens is 2. The van der Waals surface area contributed by atoms with E-state index in [0.717, 1.165) is 44.0 Å². The molecule has 2 aliphatic carbocycles. The number of aromatic nitrogens is 4. The minimum atomic E-state index is -2.57. The highest BCUT2D eigenvalue weighted by atomic mass is 19.3. The Hall–Kier alpha value is -2.38. The Morgan fingerprint density at radius 3 is 2.50 bits per heavy atom. The normalized spacial score (nSPS) is 22.1. The van der Waals surface area contributed by atoms with E-state index in [1.165, 1.54) is 18.9 Å². The van der Waals surface area contributed by atoms with Gasteiger partial charge in [0.05, 0.1) is 0 Å². The zero-order valence-electron chi connectivity index (χ0n) is 15.9. The van der Waals surface area contributed by atoms with Crippen LogP contribution in [0, 0.1) is 0 Å². The van der Waals surface area contributed by atoms with Crippen molar-refractivity contribution in [3.63, 3.8) is 0 Å². The van der Waals surface area contributed by atoms with E-state index < -0.39 is 6.43 Å². The lowest BCUT2D eigenvalue weighted by molar-refractivity contribution is 0.145. The van der Waals surface area contributed by atoms with Gasteiger partial charge in [-0.1, -0.05) is 0 Å². The lowest BCUT2D eigenvalue weighted by Gasteiger charge is -2.26. The monoisotopic (exact) mass is 386 g/mol. The number of nitrogens with zero attached hydrogens (tertiary/aromatic N) is 6. The van der Waals surface area contributed by atoms with Crippen molar-refractivity contribution >= 4 is 11.6 Å². The maximum Gasteiger partial charge on any atom is 0.280 e. The molecule has 2 aromatic heterocycles. The van der Waals surface area contributed by atoms with E-state index in [-0.39, 0.29) is 17.7 Å². The van der Waals surface area contributed by atoms with Gasteiger partial charge in [0.15, 0.2) is 0 Å². The minimum Gasteiger partial charge on any atom is -0.355 e. The summed E-state index contributed by atoms with van der Waals surface area (Å²) in [5.74, 6) is 3.84. The molecule has 6 nitrogen and oxygen atoms in total. The molecule has 0 radical (unpaired) electrons. The third kappa shape index (κ3) is 3.52. The van der Waals surface area contributed by atoms with E-state index >= 15 is 0 Å². The Balaban J connectivity index is 1.33. The molecule has 0 bridgehead atoms. The Morgan fingerprint density at radius 2 is 1.79 bits per heavy atom. The zero-order valence-corrected chi connectivity index (χ0v) is 15.9. The van der Waals surface area contributed by atoms with Gasteiger partial charge in [-0.25, -0.2) is 28.7 Å². The Bertz CT molecular complexity index is 847. The predicted molar refractivity (Wildman–Crippen MR) is 102 cm³/mol. The van der Waals surface area contributed by atoms with Crippen molar-refractivity contribution in [2.75, 3.05) is 29.9 Å². The van der Waals surface area contributed by atoms with Crippen LogP contribution in [0.5, 0.6) is 0 Å². The zero-order chi connectivity index (χ0) is 19.3. The van der Waals surface area contributed by atoms with Gasteiger partial charge in [-0.15, -0.1) is 0 Å². The van der Waals surface area contributed by atoms with Crippen LogP contribution in [-0.2, 0) is 0 Å². The molecule has 0 N–H and O–H groups in total. The summed E-state index contributed by atoms with van der Waals surface area (Å²) >= 11 is 0. The molecule has 1 aliphatic heterocycles. The number of alkyl halides is 2. The summed E-state index contributed by atoms with van der Waals surface area (Å²) in [6, 6.07) is 3.66. The van der Waals surface area contributed by atoms with Gasteiger partial charge < -0.3 is 9.80 Å². The minimum absolute atomic E-state index is 0.159. The van der Waals surface area contributed by atoms with Gasteiger partial charge in [0.25, 0.3) is 6.43 Å². The first kappa shape index (κ1) is 17.7. The Kier molecular flexibility index (Phi) is 4.36. The highest BCUT2D eigenvalue weighted by Crippen LogP contribution is 2.40. The number of anilines is 2. The highest BCUT2D eigenvalue weighted by Gasteiger charge is 2.32. The summed E-state index contributed by atoms with van der Waals surface area (Å²) in [6.45, 7) is 1.53. The molecule has 1 unspecified atom stereocenters. The van der Waals surface area contributed by atoms with Gasteiger partial charge in [0, 0.05) is 50.3 Å². The van der Waals surface area contributed by atoms with E-state index in [9.17, 15) is 8.78 Å². The van der Waals surface area contributed by atoms with Gasteiger partial charge in [-0.3, -0.25) is 0 Å². The standard InChI is InChI=1S/C20H24F2N6/c1-27(16-6-8-23-19(25-16)12-2-3-12)14-7-9-28(11-14)17-10-15(18(21)22)24-20(26-17)13-4-5-13/h6,8,10,12-14,18H,2-5,7,9,11H2,1H3. The SMILES string of the molecule is CN(c1ccnc(C2CC2)n1)C1CCN(c2cc(C(F)F)nc(C3CC3)n2)C1. The van der Waals surface area contributed by atoms with Crippen LogP contribution in [0.15, 0.2) is 18.3 Å². The van der Waals surface area contributed by atoms with Crippen LogP contribution in [0.25, 0.3) is 0 Å². The molecular formula is C20H24F2N6. The average molecular weight is 386 g/mol. The fourth-order valence-corrected chi connectivity index (χ4v) is 3.82. The van der Waals surface area contributed by atoms with Crippen LogP contribution >= 0.6 is 0 Å². The van der Waals surface area contributed by atoms with Crippen LogP contribution in [-0.4, -0.2) is 46.1 Å². The van der Waals surface area contributed by atoms with Crippen LogP contribution < -0.4 is 9.80 Å². The third-order valence-electron chi connectivity index (χ3n) is 5.91. The smallest absolute Gasteiger partial charge is 0.280 e. The second kappa shape index (κ2) is 6.90. The molecule has 3 heterocycles. The van der Waals surface area contributed by atoms with Crippen LogP contribution in [0.2, 0.25) is 0 Å². The van der Waals surface area contributed by atoms with Crippen molar-refractivity contribution in [3.05, 3.63) is 35.7 Å². The molecule has 2 aromatic rings. The Labute approximate surface area is 163 Å². The van der Waals surface area contributed by atoms with Crippen LogP contribution in [0.3, 0.4) is 0 Å². The van der Waals surface area contributed by atoms with Gasteiger partial charge in [-0.2, -0.15) is 0 Å². The topological polar surface area (TPSA) is 58.0 Å². The van der Waals surface area contributed by atoms with Gasteiger partial charge in [-0.05, 0) is 38.2 Å². The van der Waals surface area contributed by atoms with Crippen molar-refractivity contribution in [2.45, 2.75) is 56.4 Å². The van der Waals surface area contributed by atoms with E-state index in [0.29, 0.717) is 17.6 Å².